The van der Waals surface area contributed by atoms with Gasteiger partial charge in [0.25, 0.3) is 17.4 Å². The molecule has 0 spiro atoms. The Kier molecular flexibility index (Phi) is 7.41. The van der Waals surface area contributed by atoms with Crippen molar-refractivity contribution in [3.05, 3.63) is 68.0 Å². The maximum atomic E-state index is 13.3. The van der Waals surface area contributed by atoms with E-state index in [0.717, 1.165) is 0 Å². The molecule has 4 rings (SSSR count). The zero-order chi connectivity index (χ0) is 26.9. The molecule has 12 heteroatoms. The second-order valence-electron chi connectivity index (χ2n) is 8.91. The van der Waals surface area contributed by atoms with Crippen LogP contribution in [0, 0.1) is 24.0 Å². The number of amides is 1. The number of aromatic amines is 1. The average molecular weight is 513 g/mol. The standard InChI is InChI=1S/C25H28N4O8/c1-14-18(15(2)26-20(14)25(33)36-3)22(30)19-21(16-4-6-17(7-5-16)29(34)35)28(24(32)23(19)31)9-8-27-10-12-37-13-11-27/h4-7,21,26,30H,8-13H2,1-3H3/b22-19+/t21-/m0/s1. The molecule has 1 aromatic heterocycles. The van der Waals surface area contributed by atoms with Crippen LogP contribution in [0.4, 0.5) is 5.69 Å². The number of Topliss-reactive ketones (excluding diaryl/α,β-unsaturated/α-hetero) is 1. The minimum absolute atomic E-state index is 0.120. The van der Waals surface area contributed by atoms with E-state index in [1.165, 1.54) is 36.3 Å². The molecule has 1 atom stereocenters. The summed E-state index contributed by atoms with van der Waals surface area (Å²) in [6, 6.07) is 4.55. The lowest BCUT2D eigenvalue weighted by Crippen LogP contribution is -2.42. The van der Waals surface area contributed by atoms with E-state index in [4.69, 9.17) is 9.47 Å². The van der Waals surface area contributed by atoms with Crippen LogP contribution in [0.5, 0.6) is 0 Å². The highest BCUT2D eigenvalue weighted by atomic mass is 16.6. The fraction of sp³-hybridized carbons (Fsp3) is 0.400. The van der Waals surface area contributed by atoms with E-state index in [0.29, 0.717) is 49.7 Å². The molecule has 0 aliphatic carbocycles. The van der Waals surface area contributed by atoms with E-state index in [2.05, 4.69) is 9.88 Å². The molecule has 1 amide bonds. The number of carbonyl (C=O) groups is 3. The van der Waals surface area contributed by atoms with Gasteiger partial charge in [-0.15, -0.1) is 0 Å². The number of ketones is 1. The minimum atomic E-state index is -0.975. The first-order valence-corrected chi connectivity index (χ1v) is 11.8. The van der Waals surface area contributed by atoms with Crippen molar-refractivity contribution in [2.45, 2.75) is 19.9 Å². The first-order chi connectivity index (χ1) is 17.6. The molecule has 196 valence electrons. The molecule has 0 bridgehead atoms. The van der Waals surface area contributed by atoms with Crippen LogP contribution >= 0.6 is 0 Å². The number of nitrogens with one attached hydrogen (secondary N) is 1. The Morgan fingerprint density at radius 3 is 2.43 bits per heavy atom. The van der Waals surface area contributed by atoms with Gasteiger partial charge in [-0.05, 0) is 37.1 Å². The second-order valence-corrected chi connectivity index (χ2v) is 8.91. The highest BCUT2D eigenvalue weighted by molar-refractivity contribution is 6.46. The number of nitro benzene ring substituents is 1. The lowest BCUT2D eigenvalue weighted by Gasteiger charge is -2.31. The van der Waals surface area contributed by atoms with E-state index in [-0.39, 0.29) is 29.1 Å². The Morgan fingerprint density at radius 2 is 1.84 bits per heavy atom. The van der Waals surface area contributed by atoms with E-state index in [1.807, 2.05) is 0 Å². The zero-order valence-corrected chi connectivity index (χ0v) is 20.8. The van der Waals surface area contributed by atoms with E-state index >= 15 is 0 Å². The van der Waals surface area contributed by atoms with Gasteiger partial charge in [0.15, 0.2) is 0 Å². The van der Waals surface area contributed by atoms with Crippen LogP contribution in [-0.4, -0.2) is 89.0 Å². The van der Waals surface area contributed by atoms with Crippen LogP contribution in [-0.2, 0) is 19.1 Å². The second kappa shape index (κ2) is 10.5. The average Bonchev–Trinajstić information content (AvgIpc) is 3.34. The third-order valence-electron chi connectivity index (χ3n) is 6.78. The molecule has 0 saturated carbocycles. The SMILES string of the molecule is COC(=O)c1[nH]c(C)c(/C(O)=C2\C(=O)C(=O)N(CCN3CCOCC3)[C@H]2c2ccc([N+](=O)[O-])cc2)c1C. The number of hydrogen-bond acceptors (Lipinski definition) is 9. The van der Waals surface area contributed by atoms with Gasteiger partial charge in [-0.3, -0.25) is 24.6 Å². The Labute approximate surface area is 212 Å². The Balaban J connectivity index is 1.81. The third-order valence-corrected chi connectivity index (χ3v) is 6.78. The van der Waals surface area contributed by atoms with Crippen LogP contribution in [0.15, 0.2) is 29.8 Å². The van der Waals surface area contributed by atoms with Crippen LogP contribution in [0.3, 0.4) is 0 Å². The maximum absolute atomic E-state index is 13.3. The number of rotatable bonds is 7. The fourth-order valence-electron chi connectivity index (χ4n) is 4.86. The lowest BCUT2D eigenvalue weighted by atomic mass is 9.94. The number of hydrogen-bond donors (Lipinski definition) is 2. The number of nitro groups is 1. The zero-order valence-electron chi connectivity index (χ0n) is 20.8. The number of morpholine rings is 1. The van der Waals surface area contributed by atoms with Crippen molar-refractivity contribution in [3.8, 4) is 0 Å². The summed E-state index contributed by atoms with van der Waals surface area (Å²) < 4.78 is 10.2. The largest absolute Gasteiger partial charge is 0.507 e. The lowest BCUT2D eigenvalue weighted by molar-refractivity contribution is -0.384. The maximum Gasteiger partial charge on any atom is 0.354 e. The van der Waals surface area contributed by atoms with E-state index in [1.54, 1.807) is 13.8 Å². The number of aryl methyl sites for hydroxylation is 1. The number of aromatic nitrogens is 1. The molecule has 2 fully saturated rings. The van der Waals surface area contributed by atoms with Gasteiger partial charge in [0.05, 0.1) is 36.9 Å². The summed E-state index contributed by atoms with van der Waals surface area (Å²) in [6.45, 7) is 6.41. The summed E-state index contributed by atoms with van der Waals surface area (Å²) >= 11 is 0. The molecule has 2 aliphatic rings. The highest BCUT2D eigenvalue weighted by Crippen LogP contribution is 2.41. The predicted octanol–water partition coefficient (Wildman–Crippen LogP) is 2.08. The summed E-state index contributed by atoms with van der Waals surface area (Å²) in [4.78, 5) is 55.7. The van der Waals surface area contributed by atoms with Gasteiger partial charge >= 0.3 is 5.97 Å². The monoisotopic (exact) mass is 512 g/mol. The quantitative estimate of drug-likeness (QED) is 0.142. The molecule has 2 N–H and O–H groups in total. The molecule has 2 saturated heterocycles. The normalized spacial score (nSPS) is 19.9. The van der Waals surface area contributed by atoms with Crippen LogP contribution in [0.2, 0.25) is 0 Å². The van der Waals surface area contributed by atoms with E-state index < -0.39 is 34.4 Å². The van der Waals surface area contributed by atoms with Gasteiger partial charge in [0, 0.05) is 49.6 Å². The van der Waals surface area contributed by atoms with Crippen molar-refractivity contribution in [2.24, 2.45) is 0 Å². The summed E-state index contributed by atoms with van der Waals surface area (Å²) in [5.41, 5.74) is 1.26. The topological polar surface area (TPSA) is 155 Å². The van der Waals surface area contributed by atoms with Crippen LogP contribution in [0.1, 0.15) is 38.9 Å². The number of aliphatic hydroxyl groups is 1. The molecule has 3 heterocycles. The number of esters is 1. The van der Waals surface area contributed by atoms with Gasteiger partial charge in [0.1, 0.15) is 11.5 Å². The molecule has 12 nitrogen and oxygen atoms in total. The van der Waals surface area contributed by atoms with Crippen molar-refractivity contribution in [3.63, 3.8) is 0 Å². The Hall–Kier alpha value is -4.03. The molecular weight excluding hydrogens is 484 g/mol. The van der Waals surface area contributed by atoms with Gasteiger partial charge < -0.3 is 24.5 Å². The van der Waals surface area contributed by atoms with Crippen LogP contribution < -0.4 is 0 Å². The summed E-state index contributed by atoms with van der Waals surface area (Å²) in [5.74, 6) is -2.73. The summed E-state index contributed by atoms with van der Waals surface area (Å²) in [7, 11) is 1.23. The van der Waals surface area contributed by atoms with Gasteiger partial charge in [-0.2, -0.15) is 0 Å². The number of ether oxygens (including phenoxy) is 2. The molecule has 2 aromatic rings. The van der Waals surface area contributed by atoms with E-state index in [9.17, 15) is 29.6 Å². The van der Waals surface area contributed by atoms with Crippen molar-refractivity contribution >= 4 is 29.1 Å². The van der Waals surface area contributed by atoms with Crippen LogP contribution in [0.25, 0.3) is 5.76 Å². The number of aliphatic hydroxyl groups excluding tert-OH is 1. The van der Waals surface area contributed by atoms with Gasteiger partial charge in [-0.1, -0.05) is 0 Å². The first-order valence-electron chi connectivity index (χ1n) is 11.8. The number of H-pyrrole nitrogens is 1. The van der Waals surface area contributed by atoms with Crippen molar-refractivity contribution in [2.75, 3.05) is 46.5 Å². The van der Waals surface area contributed by atoms with Gasteiger partial charge in [-0.25, -0.2) is 4.79 Å². The first kappa shape index (κ1) is 26.0. The summed E-state index contributed by atoms with van der Waals surface area (Å²) in [6.07, 6.45) is 0. The number of methoxy groups -OCH3 is 1. The number of non-ortho nitro benzene ring substituents is 1. The van der Waals surface area contributed by atoms with Crippen molar-refractivity contribution < 1.29 is 33.9 Å². The molecule has 2 aliphatic heterocycles. The number of nitrogens with zero attached hydrogens (tertiary/aromatic N) is 3. The highest BCUT2D eigenvalue weighted by Gasteiger charge is 2.46. The smallest absolute Gasteiger partial charge is 0.354 e. The summed E-state index contributed by atoms with van der Waals surface area (Å²) in [5, 5.41) is 22.6. The van der Waals surface area contributed by atoms with Gasteiger partial charge in [0.2, 0.25) is 0 Å². The fourth-order valence-corrected chi connectivity index (χ4v) is 4.86. The van der Waals surface area contributed by atoms with Crippen molar-refractivity contribution in [1.29, 1.82) is 0 Å². The molecule has 0 unspecified atom stereocenters. The Bertz CT molecular complexity index is 1270. The van der Waals surface area contributed by atoms with Crippen molar-refractivity contribution in [1.82, 2.24) is 14.8 Å². The molecule has 37 heavy (non-hydrogen) atoms. The number of likely N-dealkylation sites (tertiary alicyclic amines) is 1. The Morgan fingerprint density at radius 1 is 1.19 bits per heavy atom. The third kappa shape index (κ3) is 4.85. The minimum Gasteiger partial charge on any atom is -0.507 e. The molecular formula is C25H28N4O8. The predicted molar refractivity (Wildman–Crippen MR) is 131 cm³/mol. The molecule has 0 radical (unpaired) electrons. The number of carbonyl (C=O) groups excluding carboxylic acids is 3. The molecule has 1 aromatic carbocycles. The number of benzene rings is 1.